The lowest BCUT2D eigenvalue weighted by Crippen LogP contribution is -2.40. The zero-order valence-corrected chi connectivity index (χ0v) is 9.73. The summed E-state index contributed by atoms with van der Waals surface area (Å²) in [5.41, 5.74) is 5.18. The van der Waals surface area contributed by atoms with Gasteiger partial charge in [0, 0.05) is 13.1 Å². The van der Waals surface area contributed by atoms with E-state index in [2.05, 4.69) is 17.5 Å². The molecule has 1 aliphatic rings. The molecule has 8 heteroatoms. The maximum atomic E-state index is 11.7. The van der Waals surface area contributed by atoms with Gasteiger partial charge in [0.15, 0.2) is 0 Å². The van der Waals surface area contributed by atoms with E-state index < -0.39 is 10.0 Å². The van der Waals surface area contributed by atoms with Gasteiger partial charge in [-0.2, -0.15) is 4.31 Å². The Morgan fingerprint density at radius 2 is 2.27 bits per heavy atom. The minimum absolute atomic E-state index is 0.0837. The summed E-state index contributed by atoms with van der Waals surface area (Å²) in [5, 5.41) is 2.59. The lowest BCUT2D eigenvalue weighted by atomic mass is 10.4. The van der Waals surface area contributed by atoms with Gasteiger partial charge < -0.3 is 11.1 Å². The van der Waals surface area contributed by atoms with E-state index in [1.54, 1.807) is 0 Å². The number of nitrogens with zero attached hydrogens (tertiary/aromatic N) is 1. The molecule has 0 aromatic rings. The molecule has 1 rings (SSSR count). The van der Waals surface area contributed by atoms with E-state index in [-0.39, 0.29) is 23.2 Å². The molecule has 0 bridgehead atoms. The van der Waals surface area contributed by atoms with Gasteiger partial charge >= 0.3 is 0 Å². The number of sulfonamides is 1. The van der Waals surface area contributed by atoms with Crippen molar-refractivity contribution >= 4 is 33.1 Å². The highest BCUT2D eigenvalue weighted by Crippen LogP contribution is 2.05. The third kappa shape index (κ3) is 3.73. The Labute approximate surface area is 93.9 Å². The molecule has 6 nitrogen and oxygen atoms in total. The second-order valence-corrected chi connectivity index (χ2v) is 5.75. The van der Waals surface area contributed by atoms with Gasteiger partial charge in [0.1, 0.15) is 5.75 Å². The molecule has 0 unspecified atom stereocenters. The van der Waals surface area contributed by atoms with Crippen molar-refractivity contribution < 1.29 is 13.2 Å². The summed E-state index contributed by atoms with van der Waals surface area (Å²) in [6, 6.07) is 0. The molecular formula is C7H13N3O3S2. The number of hydrogen-bond acceptors (Lipinski definition) is 4. The number of nitrogens with two attached hydrogens (primary N) is 1. The van der Waals surface area contributed by atoms with Crippen LogP contribution >= 0.6 is 12.2 Å². The van der Waals surface area contributed by atoms with Gasteiger partial charge in [-0.1, -0.05) is 12.2 Å². The topological polar surface area (TPSA) is 92.5 Å². The van der Waals surface area contributed by atoms with Crippen LogP contribution in [-0.2, 0) is 14.8 Å². The van der Waals surface area contributed by atoms with Crippen LogP contribution in [0.5, 0.6) is 0 Å². The first-order chi connectivity index (χ1) is 6.92. The number of carbonyl (C=O) groups is 1. The van der Waals surface area contributed by atoms with E-state index in [1.807, 2.05) is 0 Å². The molecule has 0 aliphatic carbocycles. The van der Waals surface area contributed by atoms with Crippen molar-refractivity contribution in [2.24, 2.45) is 5.73 Å². The number of nitrogens with one attached hydrogen (secondary N) is 1. The fraction of sp³-hybridized carbons (Fsp3) is 0.714. The third-order valence-corrected chi connectivity index (χ3v) is 4.05. The molecule has 0 spiro atoms. The van der Waals surface area contributed by atoms with Crippen LogP contribution in [0.2, 0.25) is 0 Å². The van der Waals surface area contributed by atoms with Crippen LogP contribution in [0.4, 0.5) is 0 Å². The predicted molar refractivity (Wildman–Crippen MR) is 59.8 cm³/mol. The third-order valence-electron chi connectivity index (χ3n) is 1.94. The molecule has 1 amide bonds. The number of hydrogen-bond donors (Lipinski definition) is 2. The monoisotopic (exact) mass is 251 g/mol. The van der Waals surface area contributed by atoms with Gasteiger partial charge in [-0.3, -0.25) is 4.79 Å². The second-order valence-electron chi connectivity index (χ2n) is 3.26. The van der Waals surface area contributed by atoms with Crippen LogP contribution in [0.1, 0.15) is 6.42 Å². The first-order valence-corrected chi connectivity index (χ1v) is 6.46. The highest BCUT2D eigenvalue weighted by atomic mass is 32.2. The summed E-state index contributed by atoms with van der Waals surface area (Å²) < 4.78 is 24.5. The van der Waals surface area contributed by atoms with E-state index in [0.29, 0.717) is 19.5 Å². The Kier molecular flexibility index (Phi) is 4.00. The van der Waals surface area contributed by atoms with Crippen molar-refractivity contribution in [2.75, 3.05) is 25.4 Å². The first-order valence-electron chi connectivity index (χ1n) is 4.44. The summed E-state index contributed by atoms with van der Waals surface area (Å²) in [4.78, 5) is 11.1. The van der Waals surface area contributed by atoms with Crippen molar-refractivity contribution in [3.05, 3.63) is 0 Å². The predicted octanol–water partition coefficient (Wildman–Crippen LogP) is -1.58. The van der Waals surface area contributed by atoms with Crippen molar-refractivity contribution in [3.63, 3.8) is 0 Å². The highest BCUT2D eigenvalue weighted by molar-refractivity contribution is 7.92. The molecule has 86 valence electrons. The van der Waals surface area contributed by atoms with Crippen LogP contribution in [0.3, 0.4) is 0 Å². The SMILES string of the molecule is NC(=S)CS(=O)(=O)N1CCCNC(=O)C1. The maximum absolute atomic E-state index is 11.7. The van der Waals surface area contributed by atoms with Gasteiger partial charge in [-0.25, -0.2) is 8.42 Å². The molecule has 0 aromatic carbocycles. The van der Waals surface area contributed by atoms with Gasteiger partial charge in [-0.05, 0) is 6.42 Å². The minimum atomic E-state index is -3.53. The van der Waals surface area contributed by atoms with Gasteiger partial charge in [0.2, 0.25) is 15.9 Å². The molecule has 3 N–H and O–H groups in total. The van der Waals surface area contributed by atoms with E-state index >= 15 is 0 Å². The molecule has 15 heavy (non-hydrogen) atoms. The molecule has 1 saturated heterocycles. The molecule has 1 fully saturated rings. The normalized spacial score (nSPS) is 19.3. The average Bonchev–Trinajstić information content (AvgIpc) is 2.27. The van der Waals surface area contributed by atoms with Crippen LogP contribution in [0.15, 0.2) is 0 Å². The smallest absolute Gasteiger partial charge is 0.235 e. The number of thiocarbonyl (C=S) groups is 1. The quantitative estimate of drug-likeness (QED) is 0.591. The number of amides is 1. The van der Waals surface area contributed by atoms with Gasteiger partial charge in [0.05, 0.1) is 11.5 Å². The molecule has 1 heterocycles. The highest BCUT2D eigenvalue weighted by Gasteiger charge is 2.26. The Balaban J connectivity index is 2.76. The van der Waals surface area contributed by atoms with Crippen LogP contribution < -0.4 is 11.1 Å². The lowest BCUT2D eigenvalue weighted by Gasteiger charge is -2.17. The standard InChI is InChI=1S/C7H13N3O3S2/c8-6(14)5-15(12,13)10-3-1-2-9-7(11)4-10/h1-5H2,(H2,8,14)(H,9,11). The van der Waals surface area contributed by atoms with Crippen molar-refractivity contribution in [3.8, 4) is 0 Å². The average molecular weight is 251 g/mol. The zero-order chi connectivity index (χ0) is 11.5. The lowest BCUT2D eigenvalue weighted by molar-refractivity contribution is -0.120. The molecular weight excluding hydrogens is 238 g/mol. The van der Waals surface area contributed by atoms with E-state index in [9.17, 15) is 13.2 Å². The first kappa shape index (κ1) is 12.3. The fourth-order valence-electron chi connectivity index (χ4n) is 1.29. The zero-order valence-electron chi connectivity index (χ0n) is 8.10. The Morgan fingerprint density at radius 3 is 2.87 bits per heavy atom. The van der Waals surface area contributed by atoms with E-state index in [4.69, 9.17) is 5.73 Å². The van der Waals surface area contributed by atoms with Crippen molar-refractivity contribution in [1.29, 1.82) is 0 Å². The Hall–Kier alpha value is -0.730. The summed E-state index contributed by atoms with van der Waals surface area (Å²) in [6.45, 7) is 0.673. The molecule has 0 radical (unpaired) electrons. The largest absolute Gasteiger partial charge is 0.392 e. The number of rotatable bonds is 3. The molecule has 0 saturated carbocycles. The van der Waals surface area contributed by atoms with Gasteiger partial charge in [0.25, 0.3) is 0 Å². The summed E-state index contributed by atoms with van der Waals surface area (Å²) >= 11 is 4.55. The van der Waals surface area contributed by atoms with Crippen molar-refractivity contribution in [2.45, 2.75) is 6.42 Å². The van der Waals surface area contributed by atoms with Crippen molar-refractivity contribution in [1.82, 2.24) is 9.62 Å². The van der Waals surface area contributed by atoms with Crippen LogP contribution in [0, 0.1) is 0 Å². The van der Waals surface area contributed by atoms with Crippen LogP contribution in [-0.4, -0.2) is 49.0 Å². The second kappa shape index (κ2) is 4.86. The molecule has 0 atom stereocenters. The fourth-order valence-corrected chi connectivity index (χ4v) is 3.00. The maximum Gasteiger partial charge on any atom is 0.235 e. The Bertz CT molecular complexity index is 366. The summed E-state index contributed by atoms with van der Waals surface area (Å²) in [7, 11) is -3.53. The van der Waals surface area contributed by atoms with Crippen LogP contribution in [0.25, 0.3) is 0 Å². The molecule has 0 aromatic heterocycles. The minimum Gasteiger partial charge on any atom is -0.392 e. The summed E-state index contributed by atoms with van der Waals surface area (Å²) in [5.74, 6) is -0.672. The molecule has 1 aliphatic heterocycles. The van der Waals surface area contributed by atoms with Gasteiger partial charge in [-0.15, -0.1) is 0 Å². The van der Waals surface area contributed by atoms with E-state index in [0.717, 1.165) is 4.31 Å². The van der Waals surface area contributed by atoms with E-state index in [1.165, 1.54) is 0 Å². The number of carbonyl (C=O) groups excluding carboxylic acids is 1. The summed E-state index contributed by atoms with van der Waals surface area (Å²) in [6.07, 6.45) is 0.600. The Morgan fingerprint density at radius 1 is 1.60 bits per heavy atom.